The first-order chi connectivity index (χ1) is 12.5. The van der Waals surface area contributed by atoms with Gasteiger partial charge in [0.2, 0.25) is 0 Å². The van der Waals surface area contributed by atoms with Crippen molar-refractivity contribution in [2.75, 3.05) is 5.73 Å². The second kappa shape index (κ2) is 6.98. The average molecular weight is 361 g/mol. The molecule has 0 atom stereocenters. The predicted molar refractivity (Wildman–Crippen MR) is 109 cm³/mol. The van der Waals surface area contributed by atoms with Crippen LogP contribution in [0.1, 0.15) is 18.2 Å². The van der Waals surface area contributed by atoms with Gasteiger partial charge in [0.1, 0.15) is 0 Å². The van der Waals surface area contributed by atoms with Gasteiger partial charge in [0.25, 0.3) is 0 Å². The molecule has 0 fully saturated rings. The normalized spacial score (nSPS) is 12.4. The van der Waals surface area contributed by atoms with Crippen LogP contribution in [0.25, 0.3) is 26.9 Å². The van der Waals surface area contributed by atoms with Crippen molar-refractivity contribution in [3.63, 3.8) is 0 Å². The molecule has 0 aliphatic heterocycles. The molecule has 0 aliphatic rings. The lowest BCUT2D eigenvalue weighted by molar-refractivity contribution is 0.795. The molecule has 3 aromatic rings. The number of rotatable bonds is 4. The van der Waals surface area contributed by atoms with E-state index in [1.54, 1.807) is 6.08 Å². The van der Waals surface area contributed by atoms with E-state index < -0.39 is 0 Å². The van der Waals surface area contributed by atoms with Crippen molar-refractivity contribution in [3.05, 3.63) is 60.0 Å². The zero-order valence-corrected chi connectivity index (χ0v) is 15.8. The number of benzene rings is 1. The summed E-state index contributed by atoms with van der Waals surface area (Å²) in [6.07, 6.45) is 7.09. The van der Waals surface area contributed by atoms with Crippen molar-refractivity contribution < 1.29 is 0 Å². The molecule has 2 aromatic heterocycles. The third kappa shape index (κ3) is 3.05. The Labute approximate surface area is 156 Å². The largest absolute Gasteiger partial charge is 0.375 e. The molecule has 0 bridgehead atoms. The first-order valence-corrected chi connectivity index (χ1v) is 8.90. The van der Waals surface area contributed by atoms with Crippen molar-refractivity contribution in [1.29, 1.82) is 5.26 Å². The van der Waals surface area contributed by atoms with Gasteiger partial charge in [-0.15, -0.1) is 0 Å². The highest BCUT2D eigenvalue weighted by Gasteiger charge is 2.16. The SMILES string of the molecule is C=C/C(C#N)=C\C(=C/C)c1nc(N)sc1-c1cc(C)c2c(cnn2C)c1. The summed E-state index contributed by atoms with van der Waals surface area (Å²) in [7, 11) is 1.94. The Hall–Kier alpha value is -3.17. The van der Waals surface area contributed by atoms with Crippen LogP contribution in [-0.2, 0) is 7.05 Å². The quantitative estimate of drug-likeness (QED) is 0.543. The van der Waals surface area contributed by atoms with E-state index in [4.69, 9.17) is 5.73 Å². The molecule has 2 heterocycles. The zero-order chi connectivity index (χ0) is 18.8. The number of allylic oxidation sites excluding steroid dienone is 5. The molecule has 0 saturated heterocycles. The Morgan fingerprint density at radius 3 is 2.85 bits per heavy atom. The molecule has 3 rings (SSSR count). The topological polar surface area (TPSA) is 80.5 Å². The number of anilines is 1. The highest BCUT2D eigenvalue weighted by Crippen LogP contribution is 2.38. The minimum absolute atomic E-state index is 0.481. The van der Waals surface area contributed by atoms with Gasteiger partial charge in [-0.25, -0.2) is 4.98 Å². The Morgan fingerprint density at radius 1 is 1.42 bits per heavy atom. The molecule has 6 heteroatoms. The van der Waals surface area contributed by atoms with Gasteiger partial charge >= 0.3 is 0 Å². The number of fused-ring (bicyclic) bond motifs is 1. The number of aryl methyl sites for hydroxylation is 2. The highest BCUT2D eigenvalue weighted by atomic mass is 32.1. The zero-order valence-electron chi connectivity index (χ0n) is 14.9. The molecule has 0 unspecified atom stereocenters. The van der Waals surface area contributed by atoms with E-state index in [0.717, 1.165) is 38.2 Å². The number of nitrogens with two attached hydrogens (primary N) is 1. The standard InChI is InChI=1S/C20H19N5S/c1-5-13(10-21)8-14(6-2)17-19(26-20(22)24-17)15-7-12(3)18-16(9-15)11-23-25(18)4/h5-9,11H,1H2,2-4H3,(H2,22,24)/b13-8+,14-6+. The molecule has 0 radical (unpaired) electrons. The van der Waals surface area contributed by atoms with Gasteiger partial charge in [-0.05, 0) is 48.8 Å². The van der Waals surface area contributed by atoms with Crippen LogP contribution >= 0.6 is 11.3 Å². The van der Waals surface area contributed by atoms with Crippen molar-refractivity contribution in [1.82, 2.24) is 14.8 Å². The van der Waals surface area contributed by atoms with E-state index in [9.17, 15) is 5.26 Å². The number of hydrogen-bond acceptors (Lipinski definition) is 5. The molecule has 0 spiro atoms. The monoisotopic (exact) mass is 361 g/mol. The molecule has 1 aromatic carbocycles. The number of nitrogen functional groups attached to an aromatic ring is 1. The lowest BCUT2D eigenvalue weighted by Crippen LogP contribution is -1.92. The van der Waals surface area contributed by atoms with Gasteiger partial charge in [-0.2, -0.15) is 10.4 Å². The lowest BCUT2D eigenvalue weighted by Gasteiger charge is -2.07. The lowest BCUT2D eigenvalue weighted by atomic mass is 10.0. The molecule has 130 valence electrons. The van der Waals surface area contributed by atoms with Crippen LogP contribution in [0.3, 0.4) is 0 Å². The molecule has 0 amide bonds. The summed E-state index contributed by atoms with van der Waals surface area (Å²) >= 11 is 1.44. The fourth-order valence-corrected chi connectivity index (χ4v) is 3.85. The number of nitriles is 1. The fourth-order valence-electron chi connectivity index (χ4n) is 3.01. The fraction of sp³-hybridized carbons (Fsp3) is 0.150. The van der Waals surface area contributed by atoms with Crippen molar-refractivity contribution in [2.24, 2.45) is 7.05 Å². The first kappa shape index (κ1) is 17.6. The summed E-state index contributed by atoms with van der Waals surface area (Å²) in [5.41, 5.74) is 11.4. The van der Waals surface area contributed by atoms with Crippen LogP contribution in [0, 0.1) is 18.3 Å². The Bertz CT molecular complexity index is 1110. The summed E-state index contributed by atoms with van der Waals surface area (Å²) < 4.78 is 1.87. The molecule has 2 N–H and O–H groups in total. The van der Waals surface area contributed by atoms with Crippen molar-refractivity contribution in [2.45, 2.75) is 13.8 Å². The highest BCUT2D eigenvalue weighted by molar-refractivity contribution is 7.19. The first-order valence-electron chi connectivity index (χ1n) is 8.08. The van der Waals surface area contributed by atoms with Crippen molar-refractivity contribution in [3.8, 4) is 16.5 Å². The van der Waals surface area contributed by atoms with Crippen LogP contribution in [0.15, 0.2) is 48.7 Å². The summed E-state index contributed by atoms with van der Waals surface area (Å²) in [6, 6.07) is 6.34. The van der Waals surface area contributed by atoms with E-state index in [1.807, 2.05) is 30.9 Å². The van der Waals surface area contributed by atoms with Gasteiger partial charge in [0, 0.05) is 12.4 Å². The Balaban J connectivity index is 2.21. The number of thiazole rings is 1. The molecule has 5 nitrogen and oxygen atoms in total. The predicted octanol–water partition coefficient (Wildman–Crippen LogP) is 4.63. The van der Waals surface area contributed by atoms with E-state index in [2.05, 4.69) is 41.8 Å². The second-order valence-corrected chi connectivity index (χ2v) is 6.92. The Kier molecular flexibility index (Phi) is 4.74. The van der Waals surface area contributed by atoms with Crippen LogP contribution in [0.4, 0.5) is 5.13 Å². The summed E-state index contributed by atoms with van der Waals surface area (Å²) in [6.45, 7) is 7.66. The third-order valence-corrected chi connectivity index (χ3v) is 5.11. The molecular formula is C20H19N5S. The molecule has 0 saturated carbocycles. The van der Waals surface area contributed by atoms with Gasteiger partial charge < -0.3 is 5.73 Å². The second-order valence-electron chi connectivity index (χ2n) is 5.89. The van der Waals surface area contributed by atoms with Gasteiger partial charge in [-0.1, -0.05) is 30.1 Å². The van der Waals surface area contributed by atoms with E-state index in [-0.39, 0.29) is 0 Å². The average Bonchev–Trinajstić information content (AvgIpc) is 3.19. The summed E-state index contributed by atoms with van der Waals surface area (Å²) in [4.78, 5) is 5.49. The van der Waals surface area contributed by atoms with Crippen LogP contribution < -0.4 is 5.73 Å². The maximum Gasteiger partial charge on any atom is 0.181 e. The van der Waals surface area contributed by atoms with E-state index in [0.29, 0.717) is 10.7 Å². The maximum absolute atomic E-state index is 9.20. The van der Waals surface area contributed by atoms with E-state index >= 15 is 0 Å². The summed E-state index contributed by atoms with van der Waals surface area (Å²) in [5, 5.41) is 15.1. The molecular weight excluding hydrogens is 342 g/mol. The maximum atomic E-state index is 9.20. The third-order valence-electron chi connectivity index (χ3n) is 4.17. The molecule has 26 heavy (non-hydrogen) atoms. The van der Waals surface area contributed by atoms with Gasteiger partial charge in [0.05, 0.1) is 33.9 Å². The minimum atomic E-state index is 0.481. The number of aromatic nitrogens is 3. The van der Waals surface area contributed by atoms with Crippen molar-refractivity contribution >= 4 is 32.9 Å². The van der Waals surface area contributed by atoms with Gasteiger partial charge in [-0.3, -0.25) is 4.68 Å². The number of hydrogen-bond donors (Lipinski definition) is 1. The molecule has 0 aliphatic carbocycles. The van der Waals surface area contributed by atoms with Crippen LogP contribution in [0.2, 0.25) is 0 Å². The summed E-state index contributed by atoms with van der Waals surface area (Å²) in [5.74, 6) is 0. The van der Waals surface area contributed by atoms with E-state index in [1.165, 1.54) is 17.4 Å². The van der Waals surface area contributed by atoms with Crippen LogP contribution in [-0.4, -0.2) is 14.8 Å². The number of nitrogens with zero attached hydrogens (tertiary/aromatic N) is 4. The van der Waals surface area contributed by atoms with Gasteiger partial charge in [0.15, 0.2) is 5.13 Å². The minimum Gasteiger partial charge on any atom is -0.375 e. The smallest absolute Gasteiger partial charge is 0.181 e. The van der Waals surface area contributed by atoms with Crippen LogP contribution in [0.5, 0.6) is 0 Å². The Morgan fingerprint density at radius 2 is 2.19 bits per heavy atom.